The number of hydrogen-bond donors (Lipinski definition) is 1. The fraction of sp³-hybridized carbons (Fsp3) is 0.600. The van der Waals surface area contributed by atoms with Gasteiger partial charge in [-0.05, 0) is 57.0 Å². The summed E-state index contributed by atoms with van der Waals surface area (Å²) in [5, 5.41) is 0. The van der Waals surface area contributed by atoms with Crippen molar-refractivity contribution in [2.24, 2.45) is 5.92 Å². The lowest BCUT2D eigenvalue weighted by Gasteiger charge is -2.23. The third-order valence-corrected chi connectivity index (χ3v) is 6.41. The summed E-state index contributed by atoms with van der Waals surface area (Å²) in [4.78, 5) is 2.49. The van der Waals surface area contributed by atoms with Crippen LogP contribution in [0.2, 0.25) is 0 Å². The van der Waals surface area contributed by atoms with Gasteiger partial charge in [-0.3, -0.25) is 0 Å². The molecule has 0 amide bonds. The summed E-state index contributed by atoms with van der Waals surface area (Å²) < 4.78 is 27.1. The fourth-order valence-electron chi connectivity index (χ4n) is 2.95. The van der Waals surface area contributed by atoms with Crippen LogP contribution < -0.4 is 5.73 Å². The van der Waals surface area contributed by atoms with Gasteiger partial charge < -0.3 is 10.6 Å². The molecule has 0 aromatic heterocycles. The third-order valence-electron chi connectivity index (χ3n) is 4.38. The maximum atomic E-state index is 12.8. The average molecular weight is 311 g/mol. The van der Waals surface area contributed by atoms with Crippen molar-refractivity contribution in [3.8, 4) is 0 Å². The number of anilines is 1. The average Bonchev–Trinajstić information content (AvgIpc) is 2.79. The van der Waals surface area contributed by atoms with E-state index in [-0.39, 0.29) is 4.90 Å². The topological polar surface area (TPSA) is 66.6 Å². The number of nitrogens with zero attached hydrogens (tertiary/aromatic N) is 2. The molecule has 0 spiro atoms. The van der Waals surface area contributed by atoms with E-state index < -0.39 is 10.0 Å². The second-order valence-electron chi connectivity index (χ2n) is 6.13. The molecule has 1 aliphatic heterocycles. The molecule has 0 saturated carbocycles. The normalized spacial score (nSPS) is 20.3. The number of benzene rings is 1. The summed E-state index contributed by atoms with van der Waals surface area (Å²) in [7, 11) is 0.176. The molecule has 2 N–H and O–H groups in total. The van der Waals surface area contributed by atoms with Gasteiger partial charge in [0.15, 0.2) is 0 Å². The van der Waals surface area contributed by atoms with Gasteiger partial charge in [0.2, 0.25) is 10.0 Å². The first-order chi connectivity index (χ1) is 9.73. The number of nitrogen functional groups attached to an aromatic ring is 1. The number of nitrogens with two attached hydrogens (primary N) is 1. The number of rotatable bonds is 4. The van der Waals surface area contributed by atoms with Crippen molar-refractivity contribution in [1.82, 2.24) is 9.21 Å². The summed E-state index contributed by atoms with van der Waals surface area (Å²) in [6, 6.07) is 3.53. The Hall–Kier alpha value is -1.11. The Morgan fingerprint density at radius 1 is 1.38 bits per heavy atom. The second kappa shape index (κ2) is 5.94. The molecule has 6 heteroatoms. The van der Waals surface area contributed by atoms with E-state index in [9.17, 15) is 8.42 Å². The van der Waals surface area contributed by atoms with Gasteiger partial charge in [0.1, 0.15) is 4.90 Å². The van der Waals surface area contributed by atoms with Crippen molar-refractivity contribution in [2.45, 2.75) is 25.2 Å². The zero-order valence-electron chi connectivity index (χ0n) is 13.3. The zero-order chi connectivity index (χ0) is 15.8. The molecule has 1 aromatic rings. The predicted molar refractivity (Wildman–Crippen MR) is 85.7 cm³/mol. The lowest BCUT2D eigenvalue weighted by molar-refractivity contribution is 0.356. The highest BCUT2D eigenvalue weighted by molar-refractivity contribution is 7.89. The largest absolute Gasteiger partial charge is 0.398 e. The van der Waals surface area contributed by atoms with E-state index in [1.54, 1.807) is 13.1 Å². The van der Waals surface area contributed by atoms with E-state index in [4.69, 9.17) is 5.73 Å². The van der Waals surface area contributed by atoms with E-state index in [1.165, 1.54) is 4.31 Å². The van der Waals surface area contributed by atoms with Gasteiger partial charge >= 0.3 is 0 Å². The van der Waals surface area contributed by atoms with Crippen LogP contribution in [0.15, 0.2) is 17.0 Å². The first-order valence-electron chi connectivity index (χ1n) is 7.24. The van der Waals surface area contributed by atoms with Crippen LogP contribution in [0, 0.1) is 19.8 Å². The van der Waals surface area contributed by atoms with Crippen molar-refractivity contribution in [3.63, 3.8) is 0 Å². The fourth-order valence-corrected chi connectivity index (χ4v) is 4.58. The summed E-state index contributed by atoms with van der Waals surface area (Å²) in [6.07, 6.45) is 1.04. The minimum atomic E-state index is -3.54. The molecule has 1 saturated heterocycles. The predicted octanol–water partition coefficient (Wildman–Crippen LogP) is 1.46. The van der Waals surface area contributed by atoms with Crippen LogP contribution in [0.1, 0.15) is 17.5 Å². The highest BCUT2D eigenvalue weighted by atomic mass is 32.2. The van der Waals surface area contributed by atoms with Gasteiger partial charge in [0.25, 0.3) is 0 Å². The van der Waals surface area contributed by atoms with Crippen molar-refractivity contribution in [2.75, 3.05) is 39.5 Å². The molecule has 5 nitrogen and oxygen atoms in total. The van der Waals surface area contributed by atoms with Gasteiger partial charge in [-0.1, -0.05) is 6.07 Å². The van der Waals surface area contributed by atoms with Crippen molar-refractivity contribution in [1.29, 1.82) is 0 Å². The standard InChI is InChI=1S/C15H25N3O2S/c1-11-5-6-14(16)15(12(11)2)21(19,20)18(4)10-13-7-8-17(3)9-13/h5-6,13H,7-10,16H2,1-4H3. The first kappa shape index (κ1) is 16.3. The maximum absolute atomic E-state index is 12.8. The van der Waals surface area contributed by atoms with E-state index in [2.05, 4.69) is 11.9 Å². The highest BCUT2D eigenvalue weighted by Crippen LogP contribution is 2.28. The van der Waals surface area contributed by atoms with Crippen LogP contribution in [-0.2, 0) is 10.0 Å². The van der Waals surface area contributed by atoms with Crippen molar-refractivity contribution in [3.05, 3.63) is 23.3 Å². The molecular formula is C15H25N3O2S. The molecule has 0 radical (unpaired) electrons. The summed E-state index contributed by atoms with van der Waals surface area (Å²) >= 11 is 0. The Labute approximate surface area is 127 Å². The molecular weight excluding hydrogens is 286 g/mol. The lowest BCUT2D eigenvalue weighted by Crippen LogP contribution is -2.33. The Morgan fingerprint density at radius 3 is 2.62 bits per heavy atom. The Kier molecular flexibility index (Phi) is 4.60. The molecule has 1 unspecified atom stereocenters. The maximum Gasteiger partial charge on any atom is 0.245 e. The van der Waals surface area contributed by atoms with Crippen LogP contribution in [0.5, 0.6) is 0 Å². The van der Waals surface area contributed by atoms with Crippen LogP contribution in [0.3, 0.4) is 0 Å². The molecule has 0 bridgehead atoms. The Morgan fingerprint density at radius 2 is 2.05 bits per heavy atom. The lowest BCUT2D eigenvalue weighted by atomic mass is 10.1. The van der Waals surface area contributed by atoms with Crippen LogP contribution in [0.25, 0.3) is 0 Å². The zero-order valence-corrected chi connectivity index (χ0v) is 14.1. The molecule has 21 heavy (non-hydrogen) atoms. The molecule has 1 atom stereocenters. The van der Waals surface area contributed by atoms with Gasteiger partial charge in [0, 0.05) is 20.1 Å². The van der Waals surface area contributed by atoms with Crippen LogP contribution in [0.4, 0.5) is 5.69 Å². The number of likely N-dealkylation sites (tertiary alicyclic amines) is 1. The highest BCUT2D eigenvalue weighted by Gasteiger charge is 2.29. The Bertz CT molecular complexity index is 628. The monoisotopic (exact) mass is 311 g/mol. The molecule has 0 aliphatic carbocycles. The Balaban J connectivity index is 2.27. The SMILES string of the molecule is Cc1ccc(N)c(S(=O)(=O)N(C)CC2CCN(C)C2)c1C. The minimum Gasteiger partial charge on any atom is -0.398 e. The summed E-state index contributed by atoms with van der Waals surface area (Å²) in [5.74, 6) is 0.390. The number of hydrogen-bond acceptors (Lipinski definition) is 4. The van der Waals surface area contributed by atoms with Crippen LogP contribution in [-0.4, -0.2) is 51.4 Å². The van der Waals surface area contributed by atoms with Gasteiger partial charge in [-0.15, -0.1) is 0 Å². The summed E-state index contributed by atoms with van der Waals surface area (Å²) in [5.41, 5.74) is 7.94. The van der Waals surface area contributed by atoms with Crippen LogP contribution >= 0.6 is 0 Å². The molecule has 1 aliphatic rings. The quantitative estimate of drug-likeness (QED) is 0.855. The molecule has 1 fully saturated rings. The molecule has 2 rings (SSSR count). The van der Waals surface area contributed by atoms with E-state index in [0.717, 1.165) is 30.6 Å². The molecule has 1 aromatic carbocycles. The van der Waals surface area contributed by atoms with E-state index in [0.29, 0.717) is 18.2 Å². The minimum absolute atomic E-state index is 0.261. The third kappa shape index (κ3) is 3.22. The molecule has 1 heterocycles. The van der Waals surface area contributed by atoms with Gasteiger partial charge in [0.05, 0.1) is 5.69 Å². The van der Waals surface area contributed by atoms with E-state index >= 15 is 0 Å². The first-order valence-corrected chi connectivity index (χ1v) is 8.68. The smallest absolute Gasteiger partial charge is 0.245 e. The number of aryl methyl sites for hydroxylation is 1. The van der Waals surface area contributed by atoms with Crippen molar-refractivity contribution < 1.29 is 8.42 Å². The van der Waals surface area contributed by atoms with Gasteiger partial charge in [-0.2, -0.15) is 0 Å². The van der Waals surface area contributed by atoms with E-state index in [1.807, 2.05) is 19.9 Å². The van der Waals surface area contributed by atoms with Crippen molar-refractivity contribution >= 4 is 15.7 Å². The summed E-state index contributed by atoms with van der Waals surface area (Å²) in [6.45, 7) is 6.24. The second-order valence-corrected chi connectivity index (χ2v) is 8.11. The number of sulfonamides is 1. The van der Waals surface area contributed by atoms with Gasteiger partial charge in [-0.25, -0.2) is 12.7 Å². The molecule has 118 valence electrons.